The average molecular weight is 323 g/mol. The minimum Gasteiger partial charge on any atom is -0.369 e. The van der Waals surface area contributed by atoms with Crippen LogP contribution in [0.2, 0.25) is 0 Å². The number of amides is 1. The molecule has 2 atom stereocenters. The average Bonchev–Trinajstić information content (AvgIpc) is 2.70. The zero-order chi connectivity index (χ0) is 15.8. The maximum absolute atomic E-state index is 12.4. The van der Waals surface area contributed by atoms with Crippen LogP contribution in [0.4, 0.5) is 13.2 Å². The summed E-state index contributed by atoms with van der Waals surface area (Å²) >= 11 is 1.44. The molecule has 3 N–H and O–H groups in total. The van der Waals surface area contributed by atoms with Gasteiger partial charge in [0.15, 0.2) is 0 Å². The number of H-pyrrole nitrogens is 1. The standard InChI is InChI=1S/C12H16F3N3O2S/c1-2-7-9-8(6(5-21-7)10(16)19)17-11(20)18(9)4-3-12(13,14)15/h6-7H,2-5H2,1H3,(H2,16,19)(H,17,20). The number of nitrogens with one attached hydrogen (secondary N) is 1. The summed E-state index contributed by atoms with van der Waals surface area (Å²) < 4.78 is 38.3. The van der Waals surface area contributed by atoms with E-state index in [0.29, 0.717) is 23.6 Å². The number of nitrogens with zero attached hydrogens (tertiary/aromatic N) is 1. The highest BCUT2D eigenvalue weighted by molar-refractivity contribution is 7.99. The predicted molar refractivity (Wildman–Crippen MR) is 73.2 cm³/mol. The molecular weight excluding hydrogens is 307 g/mol. The fourth-order valence-electron chi connectivity index (χ4n) is 2.49. The number of nitrogens with two attached hydrogens (primary N) is 1. The maximum Gasteiger partial charge on any atom is 0.390 e. The molecule has 1 aromatic rings. The third kappa shape index (κ3) is 3.28. The molecule has 1 amide bonds. The molecule has 5 nitrogen and oxygen atoms in total. The second-order valence-electron chi connectivity index (χ2n) is 4.93. The van der Waals surface area contributed by atoms with Crippen LogP contribution in [0.15, 0.2) is 4.79 Å². The fourth-order valence-corrected chi connectivity index (χ4v) is 3.89. The predicted octanol–water partition coefficient (Wildman–Crippen LogP) is 1.90. The van der Waals surface area contributed by atoms with Crippen molar-refractivity contribution >= 4 is 17.7 Å². The van der Waals surface area contributed by atoms with Crippen molar-refractivity contribution in [2.45, 2.75) is 43.7 Å². The minimum absolute atomic E-state index is 0.109. The number of halogens is 3. The Kier molecular flexibility index (Phi) is 4.40. The summed E-state index contributed by atoms with van der Waals surface area (Å²) in [5.74, 6) is -0.810. The van der Waals surface area contributed by atoms with Crippen LogP contribution < -0.4 is 11.4 Å². The summed E-state index contributed by atoms with van der Waals surface area (Å²) in [7, 11) is 0. The molecule has 0 bridgehead atoms. The van der Waals surface area contributed by atoms with Crippen molar-refractivity contribution in [1.82, 2.24) is 9.55 Å². The molecule has 2 unspecified atom stereocenters. The summed E-state index contributed by atoms with van der Waals surface area (Å²) in [6.07, 6.45) is -4.76. The van der Waals surface area contributed by atoms with E-state index in [1.54, 1.807) is 0 Å². The van der Waals surface area contributed by atoms with Crippen LogP contribution >= 0.6 is 11.8 Å². The van der Waals surface area contributed by atoms with Gasteiger partial charge in [0.2, 0.25) is 5.91 Å². The fraction of sp³-hybridized carbons (Fsp3) is 0.667. The smallest absolute Gasteiger partial charge is 0.369 e. The van der Waals surface area contributed by atoms with E-state index in [1.165, 1.54) is 11.8 Å². The highest BCUT2D eigenvalue weighted by atomic mass is 32.2. The quantitative estimate of drug-likeness (QED) is 0.888. The molecule has 0 aliphatic carbocycles. The van der Waals surface area contributed by atoms with Gasteiger partial charge in [-0.2, -0.15) is 24.9 Å². The Balaban J connectivity index is 2.43. The molecule has 1 aliphatic rings. The molecule has 118 valence electrons. The first-order valence-electron chi connectivity index (χ1n) is 6.54. The zero-order valence-corrected chi connectivity index (χ0v) is 12.2. The van der Waals surface area contributed by atoms with Crippen molar-refractivity contribution in [2.75, 3.05) is 5.75 Å². The molecule has 1 aliphatic heterocycles. The van der Waals surface area contributed by atoms with Crippen LogP contribution in [0.25, 0.3) is 0 Å². The SMILES string of the molecule is CCC1SCC(C(N)=O)c2[nH]c(=O)n(CCC(F)(F)F)c21. The highest BCUT2D eigenvalue weighted by Crippen LogP contribution is 2.42. The number of thioether (sulfide) groups is 1. The van der Waals surface area contributed by atoms with Gasteiger partial charge >= 0.3 is 11.9 Å². The second-order valence-corrected chi connectivity index (χ2v) is 6.17. The minimum atomic E-state index is -4.34. The summed E-state index contributed by atoms with van der Waals surface area (Å²) in [6, 6.07) is 0. The second kappa shape index (κ2) is 5.78. The molecule has 0 saturated carbocycles. The van der Waals surface area contributed by atoms with Gasteiger partial charge in [-0.1, -0.05) is 6.92 Å². The van der Waals surface area contributed by atoms with Gasteiger partial charge in [0.1, 0.15) is 0 Å². The molecule has 0 fully saturated rings. The van der Waals surface area contributed by atoms with Crippen molar-refractivity contribution < 1.29 is 18.0 Å². The Hall–Kier alpha value is -1.38. The lowest BCUT2D eigenvalue weighted by atomic mass is 10.0. The number of primary amides is 1. The number of hydrogen-bond donors (Lipinski definition) is 2. The van der Waals surface area contributed by atoms with Gasteiger partial charge in [-0.25, -0.2) is 4.79 Å². The number of aromatic nitrogens is 2. The number of rotatable bonds is 4. The van der Waals surface area contributed by atoms with E-state index in [1.807, 2.05) is 6.92 Å². The van der Waals surface area contributed by atoms with Gasteiger partial charge in [0.25, 0.3) is 0 Å². The number of carbonyl (C=O) groups excluding carboxylic acids is 1. The van der Waals surface area contributed by atoms with E-state index >= 15 is 0 Å². The lowest BCUT2D eigenvalue weighted by Crippen LogP contribution is -2.28. The molecule has 21 heavy (non-hydrogen) atoms. The largest absolute Gasteiger partial charge is 0.390 e. The molecule has 0 radical (unpaired) electrons. The van der Waals surface area contributed by atoms with E-state index < -0.39 is 36.7 Å². The van der Waals surface area contributed by atoms with Crippen molar-refractivity contribution in [3.63, 3.8) is 0 Å². The van der Waals surface area contributed by atoms with Crippen LogP contribution in [0.3, 0.4) is 0 Å². The van der Waals surface area contributed by atoms with Gasteiger partial charge < -0.3 is 10.7 Å². The molecule has 0 saturated heterocycles. The van der Waals surface area contributed by atoms with E-state index in [4.69, 9.17) is 5.73 Å². The van der Waals surface area contributed by atoms with Gasteiger partial charge in [-0.05, 0) is 6.42 Å². The number of aromatic amines is 1. The normalized spacial score (nSPS) is 22.1. The summed E-state index contributed by atoms with van der Waals surface area (Å²) in [4.78, 5) is 25.9. The van der Waals surface area contributed by atoms with Crippen molar-refractivity contribution in [3.8, 4) is 0 Å². The molecule has 2 rings (SSSR count). The number of hydrogen-bond acceptors (Lipinski definition) is 3. The number of carbonyl (C=O) groups is 1. The van der Waals surface area contributed by atoms with Gasteiger partial charge in [-0.15, -0.1) is 0 Å². The Labute approximate surface area is 123 Å². The molecular formula is C12H16F3N3O2S. The molecule has 1 aromatic heterocycles. The first kappa shape index (κ1) is 16.0. The van der Waals surface area contributed by atoms with Crippen LogP contribution in [0, 0.1) is 0 Å². The Morgan fingerprint density at radius 2 is 2.19 bits per heavy atom. The van der Waals surface area contributed by atoms with Crippen molar-refractivity contribution in [2.24, 2.45) is 5.73 Å². The van der Waals surface area contributed by atoms with Crippen molar-refractivity contribution in [3.05, 3.63) is 21.9 Å². The van der Waals surface area contributed by atoms with E-state index in [-0.39, 0.29) is 5.25 Å². The zero-order valence-electron chi connectivity index (χ0n) is 11.4. The lowest BCUT2D eigenvalue weighted by Gasteiger charge is -2.27. The number of fused-ring (bicyclic) bond motifs is 1. The molecule has 9 heteroatoms. The molecule has 0 aromatic carbocycles. The topological polar surface area (TPSA) is 80.9 Å². The Morgan fingerprint density at radius 3 is 2.71 bits per heavy atom. The molecule has 0 spiro atoms. The van der Waals surface area contributed by atoms with E-state index in [9.17, 15) is 22.8 Å². The maximum atomic E-state index is 12.4. The van der Waals surface area contributed by atoms with Crippen LogP contribution in [0.5, 0.6) is 0 Å². The summed E-state index contributed by atoms with van der Waals surface area (Å²) in [5, 5.41) is -0.109. The lowest BCUT2D eigenvalue weighted by molar-refractivity contribution is -0.137. The summed E-state index contributed by atoms with van der Waals surface area (Å²) in [5.41, 5.74) is 5.55. The third-order valence-corrected chi connectivity index (χ3v) is 4.99. The van der Waals surface area contributed by atoms with Crippen molar-refractivity contribution in [1.29, 1.82) is 0 Å². The van der Waals surface area contributed by atoms with Crippen LogP contribution in [-0.2, 0) is 11.3 Å². The number of imidazole rings is 1. The first-order valence-corrected chi connectivity index (χ1v) is 7.59. The highest BCUT2D eigenvalue weighted by Gasteiger charge is 2.36. The molecule has 2 heterocycles. The van der Waals surface area contributed by atoms with Crippen LogP contribution in [0.1, 0.15) is 42.3 Å². The Bertz CT molecular complexity index is 594. The van der Waals surface area contributed by atoms with Gasteiger partial charge in [-0.3, -0.25) is 9.36 Å². The number of alkyl halides is 3. The van der Waals surface area contributed by atoms with Gasteiger partial charge in [0.05, 0.1) is 23.7 Å². The van der Waals surface area contributed by atoms with Gasteiger partial charge in [0, 0.05) is 17.5 Å². The Morgan fingerprint density at radius 1 is 1.52 bits per heavy atom. The third-order valence-electron chi connectivity index (χ3n) is 3.50. The first-order chi connectivity index (χ1) is 9.74. The summed E-state index contributed by atoms with van der Waals surface area (Å²) in [6.45, 7) is 1.44. The van der Waals surface area contributed by atoms with E-state index in [0.717, 1.165) is 4.57 Å². The monoisotopic (exact) mass is 323 g/mol. The van der Waals surface area contributed by atoms with Crippen LogP contribution in [-0.4, -0.2) is 27.4 Å². The van der Waals surface area contributed by atoms with E-state index in [2.05, 4.69) is 4.98 Å².